The van der Waals surface area contributed by atoms with E-state index in [-0.39, 0.29) is 35.3 Å². The molecule has 1 amide bonds. The minimum atomic E-state index is -3.60. The van der Waals surface area contributed by atoms with Gasteiger partial charge < -0.3 is 14.8 Å². The van der Waals surface area contributed by atoms with Gasteiger partial charge in [-0.3, -0.25) is 4.79 Å². The molecule has 2 rings (SSSR count). The second-order valence-electron chi connectivity index (χ2n) is 5.97. The van der Waals surface area contributed by atoms with Crippen molar-refractivity contribution in [3.05, 3.63) is 18.0 Å². The van der Waals surface area contributed by atoms with Crippen LogP contribution in [0.4, 0.5) is 0 Å². The first-order valence-electron chi connectivity index (χ1n) is 7.29. The molecule has 1 aromatic heterocycles. The van der Waals surface area contributed by atoms with Gasteiger partial charge in [-0.05, 0) is 19.9 Å². The predicted octanol–water partition coefficient (Wildman–Crippen LogP) is 0.520. The molecule has 23 heavy (non-hydrogen) atoms. The second kappa shape index (κ2) is 7.21. The predicted molar refractivity (Wildman–Crippen MR) is 91.5 cm³/mol. The van der Waals surface area contributed by atoms with Crippen LogP contribution in [-0.4, -0.2) is 67.4 Å². The lowest BCUT2D eigenvalue weighted by molar-refractivity contribution is 0.0818. The van der Waals surface area contributed by atoms with E-state index in [1.54, 1.807) is 25.7 Å². The fraction of sp³-hybridized carbons (Fsp3) is 0.643. The van der Waals surface area contributed by atoms with Gasteiger partial charge in [0.2, 0.25) is 10.0 Å². The summed E-state index contributed by atoms with van der Waals surface area (Å²) in [4.78, 5) is 13.7. The Balaban J connectivity index is 0.00000264. The Labute approximate surface area is 144 Å². The summed E-state index contributed by atoms with van der Waals surface area (Å²) in [5.41, 5.74) is 0.361. The molecule has 1 saturated heterocycles. The van der Waals surface area contributed by atoms with Gasteiger partial charge in [0.15, 0.2) is 0 Å². The highest BCUT2D eigenvalue weighted by atomic mass is 35.5. The summed E-state index contributed by atoms with van der Waals surface area (Å²) >= 11 is 0. The van der Waals surface area contributed by atoms with Crippen LogP contribution in [0.25, 0.3) is 0 Å². The molecule has 1 fully saturated rings. The smallest absolute Gasteiger partial charge is 0.269 e. The van der Waals surface area contributed by atoms with Crippen molar-refractivity contribution in [1.82, 2.24) is 19.1 Å². The van der Waals surface area contributed by atoms with Crippen molar-refractivity contribution in [2.75, 3.05) is 27.2 Å². The van der Waals surface area contributed by atoms with Gasteiger partial charge in [-0.2, -0.15) is 4.31 Å². The van der Waals surface area contributed by atoms with Crippen molar-refractivity contribution in [2.24, 2.45) is 7.05 Å². The van der Waals surface area contributed by atoms with Crippen LogP contribution in [0.2, 0.25) is 0 Å². The summed E-state index contributed by atoms with van der Waals surface area (Å²) in [5.74, 6) is -0.217. The van der Waals surface area contributed by atoms with Crippen LogP contribution >= 0.6 is 12.4 Å². The first kappa shape index (κ1) is 20.0. The fourth-order valence-electron chi connectivity index (χ4n) is 2.62. The third-order valence-electron chi connectivity index (χ3n) is 4.19. The van der Waals surface area contributed by atoms with Gasteiger partial charge in [0, 0.05) is 52.5 Å². The average molecular weight is 365 g/mol. The molecule has 0 spiro atoms. The summed E-state index contributed by atoms with van der Waals surface area (Å²) < 4.78 is 28.8. The van der Waals surface area contributed by atoms with Crippen molar-refractivity contribution in [2.45, 2.75) is 30.8 Å². The molecule has 1 N–H and O–H groups in total. The molecule has 2 unspecified atom stereocenters. The summed E-state index contributed by atoms with van der Waals surface area (Å²) in [6, 6.07) is 1.42. The molecule has 0 aliphatic carbocycles. The molecule has 9 heteroatoms. The largest absolute Gasteiger partial charge is 0.345 e. The summed E-state index contributed by atoms with van der Waals surface area (Å²) in [6.45, 7) is 4.92. The van der Waals surface area contributed by atoms with Gasteiger partial charge in [-0.1, -0.05) is 0 Å². The number of halogens is 1. The Morgan fingerprint density at radius 3 is 2.52 bits per heavy atom. The molecular weight excluding hydrogens is 340 g/mol. The van der Waals surface area contributed by atoms with E-state index in [1.165, 1.54) is 21.5 Å². The van der Waals surface area contributed by atoms with Crippen LogP contribution < -0.4 is 5.32 Å². The maximum Gasteiger partial charge on any atom is 0.269 e. The van der Waals surface area contributed by atoms with Gasteiger partial charge in [0.25, 0.3) is 5.91 Å². The first-order valence-corrected chi connectivity index (χ1v) is 8.73. The van der Waals surface area contributed by atoms with E-state index in [1.807, 2.05) is 13.8 Å². The molecule has 0 aromatic carbocycles. The third-order valence-corrected chi connectivity index (χ3v) is 6.14. The van der Waals surface area contributed by atoms with Gasteiger partial charge in [-0.25, -0.2) is 8.42 Å². The zero-order chi connectivity index (χ0) is 16.7. The van der Waals surface area contributed by atoms with E-state index in [2.05, 4.69) is 5.32 Å². The van der Waals surface area contributed by atoms with Crippen LogP contribution in [0.15, 0.2) is 17.2 Å². The SMILES string of the molecule is CC1NCCN(S(=O)(=O)c2cc(C(=O)N(C)C)n(C)c2)C1C.Cl. The van der Waals surface area contributed by atoms with Crippen LogP contribution in [-0.2, 0) is 17.1 Å². The molecule has 132 valence electrons. The quantitative estimate of drug-likeness (QED) is 0.848. The first-order chi connectivity index (χ1) is 10.2. The van der Waals surface area contributed by atoms with Gasteiger partial charge in [0.05, 0.1) is 0 Å². The molecule has 2 heterocycles. The van der Waals surface area contributed by atoms with E-state index < -0.39 is 10.0 Å². The van der Waals surface area contributed by atoms with Crippen molar-refractivity contribution >= 4 is 28.3 Å². The van der Waals surface area contributed by atoms with Crippen LogP contribution in [0.1, 0.15) is 24.3 Å². The number of amides is 1. The summed E-state index contributed by atoms with van der Waals surface area (Å²) in [5, 5.41) is 3.26. The number of sulfonamides is 1. The van der Waals surface area contributed by atoms with Crippen LogP contribution in [0, 0.1) is 0 Å². The maximum absolute atomic E-state index is 12.9. The normalized spacial score (nSPS) is 22.5. The minimum Gasteiger partial charge on any atom is -0.345 e. The lowest BCUT2D eigenvalue weighted by Gasteiger charge is -2.37. The summed E-state index contributed by atoms with van der Waals surface area (Å²) in [6.07, 6.45) is 1.51. The van der Waals surface area contributed by atoms with Crippen LogP contribution in [0.3, 0.4) is 0 Å². The van der Waals surface area contributed by atoms with Gasteiger partial charge >= 0.3 is 0 Å². The lowest BCUT2D eigenvalue weighted by Crippen LogP contribution is -2.56. The molecule has 0 saturated carbocycles. The number of piperazine rings is 1. The number of rotatable bonds is 3. The van der Waals surface area contributed by atoms with Crippen molar-refractivity contribution in [1.29, 1.82) is 0 Å². The van der Waals surface area contributed by atoms with E-state index >= 15 is 0 Å². The van der Waals surface area contributed by atoms with E-state index in [4.69, 9.17) is 0 Å². The minimum absolute atomic E-state index is 0. The molecule has 0 bridgehead atoms. The Bertz CT molecular complexity index is 672. The van der Waals surface area contributed by atoms with Crippen molar-refractivity contribution in [3.63, 3.8) is 0 Å². The Morgan fingerprint density at radius 1 is 1.35 bits per heavy atom. The van der Waals surface area contributed by atoms with Gasteiger partial charge in [0.1, 0.15) is 10.6 Å². The monoisotopic (exact) mass is 364 g/mol. The Morgan fingerprint density at radius 2 is 1.96 bits per heavy atom. The molecular formula is C14H25ClN4O3S. The molecule has 0 radical (unpaired) electrons. The number of hydrogen-bond donors (Lipinski definition) is 1. The van der Waals surface area contributed by atoms with E-state index in [0.29, 0.717) is 18.8 Å². The molecule has 7 nitrogen and oxygen atoms in total. The number of carbonyl (C=O) groups excluding carboxylic acids is 1. The van der Waals surface area contributed by atoms with Gasteiger partial charge in [-0.15, -0.1) is 12.4 Å². The molecule has 1 aliphatic heterocycles. The molecule has 2 atom stereocenters. The number of carbonyl (C=O) groups is 1. The standard InChI is InChI=1S/C14H24N4O3S.ClH/c1-10-11(2)18(7-6-15-10)22(20,21)12-8-13(17(5)9-12)14(19)16(3)4;/h8-11,15H,6-7H2,1-5H3;1H. The number of nitrogens with zero attached hydrogens (tertiary/aromatic N) is 3. The molecule has 1 aliphatic rings. The zero-order valence-electron chi connectivity index (χ0n) is 14.1. The maximum atomic E-state index is 12.9. The topological polar surface area (TPSA) is 74.7 Å². The number of hydrogen-bond acceptors (Lipinski definition) is 4. The highest BCUT2D eigenvalue weighted by Crippen LogP contribution is 2.23. The highest BCUT2D eigenvalue weighted by molar-refractivity contribution is 7.89. The average Bonchev–Trinajstić information content (AvgIpc) is 2.83. The Kier molecular flexibility index (Phi) is 6.25. The zero-order valence-corrected chi connectivity index (χ0v) is 15.7. The van der Waals surface area contributed by atoms with Crippen molar-refractivity contribution in [3.8, 4) is 0 Å². The van der Waals surface area contributed by atoms with Crippen LogP contribution in [0.5, 0.6) is 0 Å². The third kappa shape index (κ3) is 3.71. The molecule has 1 aromatic rings. The fourth-order valence-corrected chi connectivity index (χ4v) is 4.39. The Hall–Kier alpha value is -1.09. The van der Waals surface area contributed by atoms with E-state index in [9.17, 15) is 13.2 Å². The number of aromatic nitrogens is 1. The van der Waals surface area contributed by atoms with E-state index in [0.717, 1.165) is 0 Å². The number of aryl methyl sites for hydroxylation is 1. The number of nitrogens with one attached hydrogen (secondary N) is 1. The lowest BCUT2D eigenvalue weighted by atomic mass is 10.1. The van der Waals surface area contributed by atoms with Crippen molar-refractivity contribution < 1.29 is 13.2 Å². The summed E-state index contributed by atoms with van der Waals surface area (Å²) in [7, 11) is 1.36. The highest BCUT2D eigenvalue weighted by Gasteiger charge is 2.35. The second-order valence-corrected chi connectivity index (χ2v) is 7.86.